The molecule has 0 saturated heterocycles. The number of aromatic nitrogens is 1. The summed E-state index contributed by atoms with van der Waals surface area (Å²) < 4.78 is 0.478. The molecule has 0 amide bonds. The third-order valence-corrected chi connectivity index (χ3v) is 2.58. The van der Waals surface area contributed by atoms with Crippen molar-refractivity contribution >= 4 is 33.1 Å². The van der Waals surface area contributed by atoms with Gasteiger partial charge in [0.1, 0.15) is 5.52 Å². The Hall–Kier alpha value is -1.42. The van der Waals surface area contributed by atoms with Crippen LogP contribution in [0.1, 0.15) is 10.4 Å². The Morgan fingerprint density at radius 2 is 2.29 bits per heavy atom. The average molecular weight is 252 g/mol. The minimum atomic E-state index is 0.0613. The molecule has 0 spiro atoms. The Kier molecular flexibility index (Phi) is 2.21. The summed E-state index contributed by atoms with van der Waals surface area (Å²) in [5.74, 6) is 0.0613. The zero-order valence-electron chi connectivity index (χ0n) is 7.07. The van der Waals surface area contributed by atoms with Gasteiger partial charge in [0.25, 0.3) is 0 Å². The second kappa shape index (κ2) is 3.38. The van der Waals surface area contributed by atoms with Crippen molar-refractivity contribution in [2.75, 3.05) is 0 Å². The van der Waals surface area contributed by atoms with Gasteiger partial charge in [0, 0.05) is 17.1 Å². The van der Waals surface area contributed by atoms with E-state index in [-0.39, 0.29) is 5.75 Å². The van der Waals surface area contributed by atoms with Crippen LogP contribution in [0.2, 0.25) is 0 Å². The number of nitrogens with zero attached hydrogens (tertiary/aromatic N) is 1. The summed E-state index contributed by atoms with van der Waals surface area (Å²) in [5, 5.41) is 10.3. The Morgan fingerprint density at radius 3 is 3.00 bits per heavy atom. The molecule has 0 aliphatic rings. The van der Waals surface area contributed by atoms with E-state index in [1.807, 2.05) is 0 Å². The molecule has 1 aromatic carbocycles. The number of pyridine rings is 1. The Bertz CT molecular complexity index is 511. The molecular weight excluding hydrogens is 246 g/mol. The summed E-state index contributed by atoms with van der Waals surface area (Å²) in [5.41, 5.74) is 0.946. The third kappa shape index (κ3) is 1.28. The molecule has 0 bridgehead atoms. The van der Waals surface area contributed by atoms with Crippen LogP contribution < -0.4 is 0 Å². The smallest absolute Gasteiger partial charge is 0.156 e. The molecule has 2 rings (SSSR count). The zero-order chi connectivity index (χ0) is 10.1. The highest BCUT2D eigenvalue weighted by atomic mass is 79.9. The van der Waals surface area contributed by atoms with Crippen molar-refractivity contribution < 1.29 is 9.90 Å². The van der Waals surface area contributed by atoms with Gasteiger partial charge in [-0.1, -0.05) is 6.07 Å². The van der Waals surface area contributed by atoms with Gasteiger partial charge in [-0.2, -0.15) is 0 Å². The topological polar surface area (TPSA) is 50.2 Å². The molecule has 2 aromatic rings. The number of hydrogen-bond donors (Lipinski definition) is 1. The fourth-order valence-electron chi connectivity index (χ4n) is 1.32. The number of rotatable bonds is 1. The molecule has 1 heterocycles. The lowest BCUT2D eigenvalue weighted by atomic mass is 10.1. The number of carbonyl (C=O) groups is 1. The fraction of sp³-hybridized carbons (Fsp3) is 0. The van der Waals surface area contributed by atoms with Gasteiger partial charge >= 0.3 is 0 Å². The van der Waals surface area contributed by atoms with E-state index in [0.29, 0.717) is 20.9 Å². The quantitative estimate of drug-likeness (QED) is 0.793. The highest BCUT2D eigenvalue weighted by molar-refractivity contribution is 9.10. The summed E-state index contributed by atoms with van der Waals surface area (Å²) >= 11 is 3.16. The van der Waals surface area contributed by atoms with E-state index in [2.05, 4.69) is 20.9 Å². The number of phenols is 1. The van der Waals surface area contributed by atoms with Gasteiger partial charge in [-0.15, -0.1) is 0 Å². The van der Waals surface area contributed by atoms with Gasteiger partial charge < -0.3 is 5.11 Å². The standard InChI is InChI=1S/C10H6BrNO2/c11-8-4-6(5-13)7-2-1-3-12-9(7)10(8)14/h1-5,14H. The van der Waals surface area contributed by atoms with Crippen LogP contribution in [0.5, 0.6) is 5.75 Å². The van der Waals surface area contributed by atoms with Crippen LogP contribution in [0, 0.1) is 0 Å². The highest BCUT2D eigenvalue weighted by Crippen LogP contribution is 2.32. The average Bonchev–Trinajstić information content (AvgIpc) is 2.23. The number of benzene rings is 1. The first kappa shape index (κ1) is 9.15. The number of carbonyl (C=O) groups excluding carboxylic acids is 1. The number of hydrogen-bond acceptors (Lipinski definition) is 3. The predicted molar refractivity (Wildman–Crippen MR) is 56.5 cm³/mol. The lowest BCUT2D eigenvalue weighted by molar-refractivity contribution is 0.112. The first-order valence-electron chi connectivity index (χ1n) is 3.95. The van der Waals surface area contributed by atoms with Crippen molar-refractivity contribution in [2.24, 2.45) is 0 Å². The molecule has 0 saturated carbocycles. The number of aldehydes is 1. The number of phenolic OH excluding ortho intramolecular Hbond substituents is 1. The summed E-state index contributed by atoms with van der Waals surface area (Å²) in [6, 6.07) is 5.05. The number of halogens is 1. The molecular formula is C10H6BrNO2. The SMILES string of the molecule is O=Cc1cc(Br)c(O)c2ncccc12. The van der Waals surface area contributed by atoms with Gasteiger partial charge in [0.15, 0.2) is 12.0 Å². The van der Waals surface area contributed by atoms with Crippen molar-refractivity contribution in [3.05, 3.63) is 34.4 Å². The van der Waals surface area contributed by atoms with Gasteiger partial charge in [-0.3, -0.25) is 9.78 Å². The zero-order valence-corrected chi connectivity index (χ0v) is 8.65. The normalized spacial score (nSPS) is 10.4. The van der Waals surface area contributed by atoms with Crippen LogP contribution in [0.4, 0.5) is 0 Å². The molecule has 0 unspecified atom stereocenters. The van der Waals surface area contributed by atoms with Crippen molar-refractivity contribution in [3.8, 4) is 5.75 Å². The Morgan fingerprint density at radius 1 is 1.50 bits per heavy atom. The first-order valence-corrected chi connectivity index (χ1v) is 4.74. The Labute approximate surface area is 88.5 Å². The predicted octanol–water partition coefficient (Wildman–Crippen LogP) is 2.52. The van der Waals surface area contributed by atoms with E-state index in [0.717, 1.165) is 6.29 Å². The van der Waals surface area contributed by atoms with Gasteiger partial charge in [-0.05, 0) is 28.1 Å². The lowest BCUT2D eigenvalue weighted by Gasteiger charge is -2.04. The van der Waals surface area contributed by atoms with E-state index < -0.39 is 0 Å². The summed E-state index contributed by atoms with van der Waals surface area (Å²) in [6.45, 7) is 0. The second-order valence-electron chi connectivity index (χ2n) is 2.81. The van der Waals surface area contributed by atoms with E-state index >= 15 is 0 Å². The summed E-state index contributed by atoms with van der Waals surface area (Å²) in [6.07, 6.45) is 2.32. The number of aromatic hydroxyl groups is 1. The van der Waals surface area contributed by atoms with Gasteiger partial charge in [-0.25, -0.2) is 0 Å². The van der Waals surface area contributed by atoms with E-state index in [1.54, 1.807) is 24.4 Å². The largest absolute Gasteiger partial charge is 0.505 e. The molecule has 0 aliphatic heterocycles. The molecule has 1 N–H and O–H groups in total. The van der Waals surface area contributed by atoms with Crippen LogP contribution in [-0.2, 0) is 0 Å². The summed E-state index contributed by atoms with van der Waals surface area (Å²) in [4.78, 5) is 14.8. The van der Waals surface area contributed by atoms with E-state index in [4.69, 9.17) is 0 Å². The third-order valence-electron chi connectivity index (χ3n) is 1.98. The molecule has 0 aliphatic carbocycles. The molecule has 70 valence electrons. The minimum absolute atomic E-state index is 0.0613. The fourth-order valence-corrected chi connectivity index (χ4v) is 1.75. The van der Waals surface area contributed by atoms with Crippen LogP contribution in [0.25, 0.3) is 10.9 Å². The number of fused-ring (bicyclic) bond motifs is 1. The summed E-state index contributed by atoms with van der Waals surface area (Å²) in [7, 11) is 0. The molecule has 3 nitrogen and oxygen atoms in total. The maximum atomic E-state index is 10.8. The van der Waals surface area contributed by atoms with Crippen LogP contribution >= 0.6 is 15.9 Å². The first-order chi connectivity index (χ1) is 6.74. The van der Waals surface area contributed by atoms with Crippen molar-refractivity contribution in [2.45, 2.75) is 0 Å². The van der Waals surface area contributed by atoms with Crippen molar-refractivity contribution in [1.82, 2.24) is 4.98 Å². The Balaban J connectivity index is 2.96. The van der Waals surface area contributed by atoms with E-state index in [9.17, 15) is 9.90 Å². The minimum Gasteiger partial charge on any atom is -0.505 e. The molecule has 0 radical (unpaired) electrons. The lowest BCUT2D eigenvalue weighted by Crippen LogP contribution is -1.87. The van der Waals surface area contributed by atoms with Crippen LogP contribution in [0.15, 0.2) is 28.9 Å². The van der Waals surface area contributed by atoms with Gasteiger partial charge in [0.2, 0.25) is 0 Å². The molecule has 0 atom stereocenters. The second-order valence-corrected chi connectivity index (χ2v) is 3.67. The van der Waals surface area contributed by atoms with E-state index in [1.165, 1.54) is 0 Å². The molecule has 1 aromatic heterocycles. The molecule has 14 heavy (non-hydrogen) atoms. The molecule has 4 heteroatoms. The van der Waals surface area contributed by atoms with Crippen LogP contribution in [-0.4, -0.2) is 16.4 Å². The van der Waals surface area contributed by atoms with Crippen molar-refractivity contribution in [1.29, 1.82) is 0 Å². The maximum absolute atomic E-state index is 10.8. The highest BCUT2D eigenvalue weighted by Gasteiger charge is 2.09. The molecule has 0 fully saturated rings. The van der Waals surface area contributed by atoms with Crippen LogP contribution in [0.3, 0.4) is 0 Å². The van der Waals surface area contributed by atoms with Gasteiger partial charge in [0.05, 0.1) is 4.47 Å². The maximum Gasteiger partial charge on any atom is 0.156 e. The monoisotopic (exact) mass is 251 g/mol. The van der Waals surface area contributed by atoms with Crippen molar-refractivity contribution in [3.63, 3.8) is 0 Å².